The minimum atomic E-state index is -0.812. The Morgan fingerprint density at radius 1 is 0.692 bits per heavy atom. The third kappa shape index (κ3) is 4.33. The lowest BCUT2D eigenvalue weighted by Gasteiger charge is -2.19. The highest BCUT2D eigenvalue weighted by Gasteiger charge is 2.21. The summed E-state index contributed by atoms with van der Waals surface area (Å²) in [6, 6.07) is 23.6. The lowest BCUT2D eigenvalue weighted by Crippen LogP contribution is -2.38. The van der Waals surface area contributed by atoms with Crippen molar-refractivity contribution in [1.29, 1.82) is 0 Å². The highest BCUT2D eigenvalue weighted by Crippen LogP contribution is 2.21. The first-order valence-electron chi connectivity index (χ1n) is 8.11. The molecule has 2 N–H and O–H groups in total. The molecule has 0 saturated carbocycles. The van der Waals surface area contributed by atoms with Gasteiger partial charge in [-0.15, -0.1) is 0 Å². The zero-order valence-electron chi connectivity index (χ0n) is 13.9. The third-order valence-electron chi connectivity index (χ3n) is 3.85. The number of benzene rings is 3. The van der Waals surface area contributed by atoms with Crippen molar-refractivity contribution >= 4 is 17.5 Å². The summed E-state index contributed by atoms with van der Waals surface area (Å²) in [5, 5.41) is 5.22. The molecule has 130 valence electrons. The molecule has 3 aromatic rings. The van der Waals surface area contributed by atoms with Gasteiger partial charge in [0.25, 0.3) is 0 Å². The zero-order valence-corrected chi connectivity index (χ0v) is 13.9. The second-order valence-electron chi connectivity index (χ2n) is 5.69. The second kappa shape index (κ2) is 8.07. The summed E-state index contributed by atoms with van der Waals surface area (Å²) in [4.78, 5) is 24.6. The molecule has 0 radical (unpaired) electrons. The van der Waals surface area contributed by atoms with Crippen LogP contribution >= 0.6 is 0 Å². The number of halogens is 1. The van der Waals surface area contributed by atoms with Gasteiger partial charge in [0.15, 0.2) is 0 Å². The van der Waals surface area contributed by atoms with Crippen LogP contribution in [0.2, 0.25) is 0 Å². The van der Waals surface area contributed by atoms with E-state index in [1.54, 1.807) is 0 Å². The van der Waals surface area contributed by atoms with E-state index < -0.39 is 23.7 Å². The van der Waals surface area contributed by atoms with Crippen LogP contribution < -0.4 is 10.6 Å². The van der Waals surface area contributed by atoms with Crippen LogP contribution in [-0.4, -0.2) is 11.8 Å². The van der Waals surface area contributed by atoms with Gasteiger partial charge in [0, 0.05) is 5.69 Å². The van der Waals surface area contributed by atoms with E-state index in [1.807, 2.05) is 60.7 Å². The monoisotopic (exact) mass is 348 g/mol. The van der Waals surface area contributed by atoms with Crippen LogP contribution in [0.4, 0.5) is 10.1 Å². The van der Waals surface area contributed by atoms with E-state index >= 15 is 0 Å². The fourth-order valence-corrected chi connectivity index (χ4v) is 2.57. The highest BCUT2D eigenvalue weighted by molar-refractivity contribution is 6.39. The van der Waals surface area contributed by atoms with Crippen LogP contribution in [-0.2, 0) is 9.59 Å². The lowest BCUT2D eigenvalue weighted by molar-refractivity contribution is -0.136. The fourth-order valence-electron chi connectivity index (χ4n) is 2.57. The molecule has 26 heavy (non-hydrogen) atoms. The van der Waals surface area contributed by atoms with Gasteiger partial charge in [-0.3, -0.25) is 9.59 Å². The van der Waals surface area contributed by atoms with Crippen molar-refractivity contribution in [2.24, 2.45) is 0 Å². The van der Waals surface area contributed by atoms with Crippen molar-refractivity contribution in [2.45, 2.75) is 6.04 Å². The van der Waals surface area contributed by atoms with E-state index in [0.29, 0.717) is 5.69 Å². The number of hydrogen-bond donors (Lipinski definition) is 2. The maximum atomic E-state index is 12.9. The molecule has 0 aliphatic rings. The summed E-state index contributed by atoms with van der Waals surface area (Å²) in [6.07, 6.45) is 0. The van der Waals surface area contributed by atoms with Gasteiger partial charge >= 0.3 is 11.8 Å². The molecule has 3 rings (SSSR count). The molecule has 0 unspecified atom stereocenters. The highest BCUT2D eigenvalue weighted by atomic mass is 19.1. The number of rotatable bonds is 4. The number of amides is 2. The summed E-state index contributed by atoms with van der Waals surface area (Å²) in [7, 11) is 0. The van der Waals surface area contributed by atoms with Crippen LogP contribution in [0.5, 0.6) is 0 Å². The Labute approximate surface area is 150 Å². The maximum Gasteiger partial charge on any atom is 0.313 e. The Morgan fingerprint density at radius 3 is 1.69 bits per heavy atom. The second-order valence-corrected chi connectivity index (χ2v) is 5.69. The Bertz CT molecular complexity index is 841. The van der Waals surface area contributed by atoms with Gasteiger partial charge in [-0.1, -0.05) is 60.7 Å². The molecule has 3 aromatic carbocycles. The molecule has 0 spiro atoms. The number of anilines is 1. The van der Waals surface area contributed by atoms with E-state index in [9.17, 15) is 14.0 Å². The predicted molar refractivity (Wildman–Crippen MR) is 97.9 cm³/mol. The Balaban J connectivity index is 1.77. The van der Waals surface area contributed by atoms with Crippen LogP contribution in [0.3, 0.4) is 0 Å². The average Bonchev–Trinajstić information content (AvgIpc) is 2.69. The zero-order chi connectivity index (χ0) is 18.4. The molecule has 5 heteroatoms. The van der Waals surface area contributed by atoms with Crippen molar-refractivity contribution < 1.29 is 14.0 Å². The van der Waals surface area contributed by atoms with Crippen molar-refractivity contribution in [3.8, 4) is 0 Å². The number of carbonyl (C=O) groups is 2. The molecule has 0 fully saturated rings. The van der Waals surface area contributed by atoms with Gasteiger partial charge in [0.05, 0.1) is 6.04 Å². The van der Waals surface area contributed by atoms with Crippen LogP contribution in [0.15, 0.2) is 84.9 Å². The Hall–Kier alpha value is -3.47. The molecule has 2 amide bonds. The summed E-state index contributed by atoms with van der Waals surface area (Å²) in [5.41, 5.74) is 2.07. The first-order valence-corrected chi connectivity index (χ1v) is 8.11. The van der Waals surface area contributed by atoms with E-state index in [-0.39, 0.29) is 0 Å². The molecule has 0 aromatic heterocycles. The van der Waals surface area contributed by atoms with E-state index in [2.05, 4.69) is 10.6 Å². The maximum absolute atomic E-state index is 12.9. The standard InChI is InChI=1S/C21H17FN2O2/c22-17-11-13-18(14-12-17)23-20(25)21(26)24-19(15-7-3-1-4-8-15)16-9-5-2-6-10-16/h1-14,19H,(H,23,25)(H,24,26). The van der Waals surface area contributed by atoms with E-state index in [0.717, 1.165) is 11.1 Å². The van der Waals surface area contributed by atoms with E-state index in [1.165, 1.54) is 24.3 Å². The van der Waals surface area contributed by atoms with Gasteiger partial charge in [-0.05, 0) is 35.4 Å². The first-order chi connectivity index (χ1) is 12.6. The van der Waals surface area contributed by atoms with Gasteiger partial charge in [0.2, 0.25) is 0 Å². The van der Waals surface area contributed by atoms with Crippen LogP contribution in [0, 0.1) is 5.82 Å². The minimum absolute atomic E-state index is 0.350. The third-order valence-corrected chi connectivity index (χ3v) is 3.85. The van der Waals surface area contributed by atoms with Gasteiger partial charge in [-0.2, -0.15) is 0 Å². The number of carbonyl (C=O) groups excluding carboxylic acids is 2. The largest absolute Gasteiger partial charge is 0.337 e. The molecular weight excluding hydrogens is 331 g/mol. The molecule has 0 atom stereocenters. The van der Waals surface area contributed by atoms with Crippen LogP contribution in [0.1, 0.15) is 17.2 Å². The Kier molecular flexibility index (Phi) is 5.39. The molecule has 4 nitrogen and oxygen atoms in total. The molecular formula is C21H17FN2O2. The van der Waals surface area contributed by atoms with Gasteiger partial charge in [0.1, 0.15) is 5.82 Å². The summed E-state index contributed by atoms with van der Waals surface area (Å²) < 4.78 is 12.9. The topological polar surface area (TPSA) is 58.2 Å². The van der Waals surface area contributed by atoms with Crippen molar-refractivity contribution in [2.75, 3.05) is 5.32 Å². The van der Waals surface area contributed by atoms with Crippen LogP contribution in [0.25, 0.3) is 0 Å². The quantitative estimate of drug-likeness (QED) is 0.707. The summed E-state index contributed by atoms with van der Waals surface area (Å²) in [5.74, 6) is -2.00. The molecule has 0 saturated heterocycles. The number of hydrogen-bond acceptors (Lipinski definition) is 2. The summed E-state index contributed by atoms with van der Waals surface area (Å²) >= 11 is 0. The predicted octanol–water partition coefficient (Wildman–Crippen LogP) is 3.67. The van der Waals surface area contributed by atoms with Gasteiger partial charge in [-0.25, -0.2) is 4.39 Å². The average molecular weight is 348 g/mol. The molecule has 0 bridgehead atoms. The fraction of sp³-hybridized carbons (Fsp3) is 0.0476. The molecule has 0 aliphatic carbocycles. The van der Waals surface area contributed by atoms with Crippen molar-refractivity contribution in [3.05, 3.63) is 102 Å². The normalized spacial score (nSPS) is 10.4. The number of nitrogens with one attached hydrogen (secondary N) is 2. The minimum Gasteiger partial charge on any atom is -0.337 e. The lowest BCUT2D eigenvalue weighted by atomic mass is 9.99. The van der Waals surface area contributed by atoms with E-state index in [4.69, 9.17) is 0 Å². The summed E-state index contributed by atoms with van der Waals surface area (Å²) in [6.45, 7) is 0. The Morgan fingerprint density at radius 2 is 1.19 bits per heavy atom. The SMILES string of the molecule is O=C(Nc1ccc(F)cc1)C(=O)NC(c1ccccc1)c1ccccc1. The molecule has 0 heterocycles. The van der Waals surface area contributed by atoms with Gasteiger partial charge < -0.3 is 10.6 Å². The smallest absolute Gasteiger partial charge is 0.313 e. The van der Waals surface area contributed by atoms with Crippen molar-refractivity contribution in [3.63, 3.8) is 0 Å². The molecule has 0 aliphatic heterocycles. The first kappa shape index (κ1) is 17.4. The van der Waals surface area contributed by atoms with Crippen molar-refractivity contribution in [1.82, 2.24) is 5.32 Å².